The van der Waals surface area contributed by atoms with Crippen molar-refractivity contribution in [3.05, 3.63) is 18.3 Å². The summed E-state index contributed by atoms with van der Waals surface area (Å²) >= 11 is 0. The Hall–Kier alpha value is -1.80. The first-order valence-electron chi connectivity index (χ1n) is 6.18. The molecule has 0 radical (unpaired) electrons. The fourth-order valence-corrected chi connectivity index (χ4v) is 1.61. The normalized spacial score (nSPS) is 10.7. The van der Waals surface area contributed by atoms with Crippen LogP contribution in [-0.2, 0) is 16.4 Å². The highest BCUT2D eigenvalue weighted by atomic mass is 16.6. The summed E-state index contributed by atoms with van der Waals surface area (Å²) in [5.74, 6) is 0.499. The minimum absolute atomic E-state index is 0.383. The van der Waals surface area contributed by atoms with Crippen LogP contribution in [0.4, 0.5) is 0 Å². The third-order valence-corrected chi connectivity index (χ3v) is 2.43. The summed E-state index contributed by atoms with van der Waals surface area (Å²) in [5.41, 5.74) is 1.54. The number of hydrogen-bond donors (Lipinski definition) is 0. The van der Waals surface area contributed by atoms with Crippen molar-refractivity contribution in [3.8, 4) is 11.5 Å². The quantitative estimate of drug-likeness (QED) is 0.683. The molecule has 0 aliphatic carbocycles. The van der Waals surface area contributed by atoms with E-state index in [-0.39, 0.29) is 7.12 Å². The molecule has 100 valence electrons. The molecule has 2 aromatic heterocycles. The maximum atomic E-state index is 5.51. The molecule has 0 aromatic carbocycles. The summed E-state index contributed by atoms with van der Waals surface area (Å²) in [6, 6.07) is 3.73. The zero-order valence-electron chi connectivity index (χ0n) is 11.3. The van der Waals surface area contributed by atoms with Gasteiger partial charge in [-0.2, -0.15) is 4.80 Å². The second-order valence-corrected chi connectivity index (χ2v) is 3.82. The predicted molar refractivity (Wildman–Crippen MR) is 70.7 cm³/mol. The molecule has 0 unspecified atom stereocenters. The lowest BCUT2D eigenvalue weighted by Crippen LogP contribution is -2.37. The molecule has 0 aliphatic heterocycles. The topological polar surface area (TPSA) is 75.0 Å². The van der Waals surface area contributed by atoms with Crippen LogP contribution in [0.5, 0.6) is 0 Å². The lowest BCUT2D eigenvalue weighted by Gasteiger charge is -2.12. The molecule has 2 rings (SSSR count). The monoisotopic (exact) mass is 261 g/mol. The molecule has 0 bridgehead atoms. The summed E-state index contributed by atoms with van der Waals surface area (Å²) in [4.78, 5) is 5.71. The van der Waals surface area contributed by atoms with Crippen LogP contribution < -0.4 is 5.46 Å². The average molecular weight is 261 g/mol. The smallest absolute Gasteiger partial charge is 0.408 e. The minimum Gasteiger partial charge on any atom is -0.408 e. The third kappa shape index (κ3) is 3.36. The first kappa shape index (κ1) is 13.6. The first-order valence-corrected chi connectivity index (χ1v) is 6.18. The number of hydrogen-bond acceptors (Lipinski definition) is 6. The van der Waals surface area contributed by atoms with E-state index in [1.54, 1.807) is 13.2 Å². The van der Waals surface area contributed by atoms with E-state index in [9.17, 15) is 0 Å². The van der Waals surface area contributed by atoms with E-state index in [1.807, 2.05) is 26.0 Å². The van der Waals surface area contributed by atoms with Crippen molar-refractivity contribution in [2.24, 2.45) is 7.05 Å². The number of aryl methyl sites for hydroxylation is 1. The summed E-state index contributed by atoms with van der Waals surface area (Å²) in [5, 5.41) is 11.8. The Labute approximate surface area is 112 Å². The Balaban J connectivity index is 2.17. The summed E-state index contributed by atoms with van der Waals surface area (Å²) in [6.07, 6.45) is 1.71. The van der Waals surface area contributed by atoms with Crippen molar-refractivity contribution in [1.29, 1.82) is 0 Å². The van der Waals surface area contributed by atoms with Gasteiger partial charge in [-0.3, -0.25) is 4.98 Å². The van der Waals surface area contributed by atoms with Gasteiger partial charge in [0.2, 0.25) is 5.82 Å². The van der Waals surface area contributed by atoms with E-state index in [0.29, 0.717) is 24.7 Å². The van der Waals surface area contributed by atoms with Crippen LogP contribution >= 0.6 is 0 Å². The van der Waals surface area contributed by atoms with Gasteiger partial charge in [0.05, 0.1) is 7.05 Å². The van der Waals surface area contributed by atoms with Gasteiger partial charge in [-0.1, -0.05) is 6.07 Å². The van der Waals surface area contributed by atoms with Crippen molar-refractivity contribution in [3.63, 3.8) is 0 Å². The average Bonchev–Trinajstić information content (AvgIpc) is 2.85. The Morgan fingerprint density at radius 2 is 1.95 bits per heavy atom. The lowest BCUT2D eigenvalue weighted by atomic mass is 9.80. The van der Waals surface area contributed by atoms with Gasteiger partial charge in [-0.15, -0.1) is 10.2 Å². The molecule has 0 fully saturated rings. The van der Waals surface area contributed by atoms with Gasteiger partial charge < -0.3 is 9.31 Å². The number of nitrogens with zero attached hydrogens (tertiary/aromatic N) is 5. The fourth-order valence-electron chi connectivity index (χ4n) is 1.61. The number of tetrazole rings is 1. The van der Waals surface area contributed by atoms with E-state index >= 15 is 0 Å². The lowest BCUT2D eigenvalue weighted by molar-refractivity contribution is 0.225. The van der Waals surface area contributed by atoms with E-state index in [1.165, 1.54) is 4.80 Å². The van der Waals surface area contributed by atoms with Gasteiger partial charge in [-0.25, -0.2) is 0 Å². The third-order valence-electron chi connectivity index (χ3n) is 2.43. The molecule has 0 saturated carbocycles. The largest absolute Gasteiger partial charge is 0.495 e. The van der Waals surface area contributed by atoms with Crippen molar-refractivity contribution < 1.29 is 9.31 Å². The molecule has 0 amide bonds. The highest BCUT2D eigenvalue weighted by Gasteiger charge is 2.20. The van der Waals surface area contributed by atoms with E-state index in [2.05, 4.69) is 20.4 Å². The van der Waals surface area contributed by atoms with Crippen LogP contribution in [0.2, 0.25) is 0 Å². The Morgan fingerprint density at radius 1 is 1.21 bits per heavy atom. The molecule has 2 aromatic rings. The SMILES string of the molecule is CCOB(OCC)c1ccc(-c2nnn(C)n2)nc1. The fraction of sp³-hybridized carbons (Fsp3) is 0.455. The van der Waals surface area contributed by atoms with Gasteiger partial charge in [-0.05, 0) is 25.1 Å². The number of aromatic nitrogens is 5. The van der Waals surface area contributed by atoms with Crippen LogP contribution in [0.15, 0.2) is 18.3 Å². The molecule has 0 saturated heterocycles. The van der Waals surface area contributed by atoms with Crippen LogP contribution in [0.1, 0.15) is 13.8 Å². The molecule has 19 heavy (non-hydrogen) atoms. The molecule has 0 aliphatic rings. The molecule has 2 heterocycles. The van der Waals surface area contributed by atoms with Gasteiger partial charge in [0.25, 0.3) is 0 Å². The van der Waals surface area contributed by atoms with Crippen molar-refractivity contribution >= 4 is 12.6 Å². The number of pyridine rings is 1. The van der Waals surface area contributed by atoms with Crippen molar-refractivity contribution in [1.82, 2.24) is 25.2 Å². The maximum Gasteiger partial charge on any atom is 0.495 e. The number of rotatable bonds is 6. The molecular weight excluding hydrogens is 245 g/mol. The van der Waals surface area contributed by atoms with Crippen LogP contribution in [-0.4, -0.2) is 45.5 Å². The predicted octanol–water partition coefficient (Wildman–Crippen LogP) is 0.0403. The van der Waals surface area contributed by atoms with Crippen LogP contribution in [0.25, 0.3) is 11.5 Å². The first-order chi connectivity index (χ1) is 9.24. The molecule has 0 atom stereocenters. The second-order valence-electron chi connectivity index (χ2n) is 3.82. The summed E-state index contributed by atoms with van der Waals surface area (Å²) in [6.45, 7) is 5.02. The standard InChI is InChI=1S/C11H16BN5O2/c1-4-18-12(19-5-2)9-6-7-10(13-8-9)11-14-16-17(3)15-11/h6-8H,4-5H2,1-3H3. The summed E-state index contributed by atoms with van der Waals surface area (Å²) in [7, 11) is 1.33. The highest BCUT2D eigenvalue weighted by molar-refractivity contribution is 6.61. The van der Waals surface area contributed by atoms with E-state index < -0.39 is 0 Å². The molecular formula is C11H16BN5O2. The van der Waals surface area contributed by atoms with Crippen molar-refractivity contribution in [2.75, 3.05) is 13.2 Å². The van der Waals surface area contributed by atoms with Gasteiger partial charge in [0, 0.05) is 24.9 Å². The Kier molecular flexibility index (Phi) is 4.59. The van der Waals surface area contributed by atoms with Crippen LogP contribution in [0, 0.1) is 0 Å². The maximum absolute atomic E-state index is 5.51. The van der Waals surface area contributed by atoms with Gasteiger partial charge >= 0.3 is 7.12 Å². The zero-order valence-corrected chi connectivity index (χ0v) is 11.3. The highest BCUT2D eigenvalue weighted by Crippen LogP contribution is 2.07. The summed E-state index contributed by atoms with van der Waals surface area (Å²) < 4.78 is 11.0. The molecule has 8 heteroatoms. The second kappa shape index (κ2) is 6.39. The zero-order chi connectivity index (χ0) is 13.7. The van der Waals surface area contributed by atoms with Gasteiger partial charge in [0.1, 0.15) is 5.69 Å². The Bertz CT molecular complexity index is 510. The van der Waals surface area contributed by atoms with Crippen molar-refractivity contribution in [2.45, 2.75) is 13.8 Å². The van der Waals surface area contributed by atoms with E-state index in [0.717, 1.165) is 5.46 Å². The van der Waals surface area contributed by atoms with Gasteiger partial charge in [0.15, 0.2) is 0 Å². The molecule has 0 N–H and O–H groups in total. The van der Waals surface area contributed by atoms with E-state index in [4.69, 9.17) is 9.31 Å². The van der Waals surface area contributed by atoms with Crippen LogP contribution in [0.3, 0.4) is 0 Å². The minimum atomic E-state index is -0.383. The molecule has 7 nitrogen and oxygen atoms in total. The Morgan fingerprint density at radius 3 is 2.42 bits per heavy atom. The molecule has 0 spiro atoms.